The number of nitrogens with one attached hydrogen (secondary N) is 1. The molecule has 6 heteroatoms. The number of hydrogen-bond donors (Lipinski definition) is 2. The van der Waals surface area contributed by atoms with Crippen molar-refractivity contribution in [1.82, 2.24) is 10.5 Å². The lowest BCUT2D eigenvalue weighted by Gasteiger charge is -2.38. The van der Waals surface area contributed by atoms with Crippen LogP contribution in [0.15, 0.2) is 28.8 Å². The zero-order valence-corrected chi connectivity index (χ0v) is 15.1. The number of hydrogen-bond acceptors (Lipinski definition) is 5. The number of amides is 1. The number of nitrogens with zero attached hydrogens (tertiary/aromatic N) is 1. The zero-order chi connectivity index (χ0) is 18.3. The first kappa shape index (κ1) is 17.1. The number of carbonyl (C=O) groups is 1. The molecule has 1 saturated carbocycles. The zero-order valence-electron chi connectivity index (χ0n) is 15.1. The van der Waals surface area contributed by atoms with Crippen molar-refractivity contribution in [3.8, 4) is 5.75 Å². The van der Waals surface area contributed by atoms with E-state index in [-0.39, 0.29) is 29.9 Å². The number of fused-ring (bicyclic) bond motifs is 1. The Labute approximate surface area is 152 Å². The maximum atomic E-state index is 12.7. The van der Waals surface area contributed by atoms with E-state index in [4.69, 9.17) is 9.26 Å². The third-order valence-corrected chi connectivity index (χ3v) is 5.31. The molecule has 1 amide bonds. The summed E-state index contributed by atoms with van der Waals surface area (Å²) in [6.45, 7) is 4.69. The van der Waals surface area contributed by atoms with E-state index in [9.17, 15) is 9.90 Å². The minimum atomic E-state index is -0.281. The predicted molar refractivity (Wildman–Crippen MR) is 95.2 cm³/mol. The number of ether oxygens (including phenoxy) is 1. The molecule has 6 nitrogen and oxygen atoms in total. The lowest BCUT2D eigenvalue weighted by Crippen LogP contribution is -2.41. The SMILES string of the molecule is CC(C)c1cc(C(=O)N[C@@H](c2ccc3c(c2)CCO3)C2CC(O)C2)no1. The number of benzene rings is 1. The van der Waals surface area contributed by atoms with Gasteiger partial charge >= 0.3 is 0 Å². The lowest BCUT2D eigenvalue weighted by atomic mass is 9.74. The van der Waals surface area contributed by atoms with Crippen LogP contribution < -0.4 is 10.1 Å². The third kappa shape index (κ3) is 3.21. The number of aliphatic hydroxyl groups is 1. The largest absolute Gasteiger partial charge is 0.493 e. The first-order valence-electron chi connectivity index (χ1n) is 9.22. The molecular formula is C20H24N2O4. The Morgan fingerprint density at radius 2 is 2.12 bits per heavy atom. The molecule has 2 N–H and O–H groups in total. The van der Waals surface area contributed by atoms with Gasteiger partial charge in [0, 0.05) is 18.4 Å². The van der Waals surface area contributed by atoms with Crippen LogP contribution in [0.2, 0.25) is 0 Å². The number of rotatable bonds is 5. The Balaban J connectivity index is 1.56. The second-order valence-corrected chi connectivity index (χ2v) is 7.57. The highest BCUT2D eigenvalue weighted by molar-refractivity contribution is 5.92. The van der Waals surface area contributed by atoms with E-state index in [1.165, 1.54) is 5.56 Å². The van der Waals surface area contributed by atoms with E-state index in [0.717, 1.165) is 17.7 Å². The summed E-state index contributed by atoms with van der Waals surface area (Å²) >= 11 is 0. The van der Waals surface area contributed by atoms with E-state index in [1.54, 1.807) is 6.07 Å². The molecule has 1 aromatic heterocycles. The van der Waals surface area contributed by atoms with Crippen LogP contribution in [0.5, 0.6) is 5.75 Å². The summed E-state index contributed by atoms with van der Waals surface area (Å²) in [5.74, 6) is 1.76. The summed E-state index contributed by atoms with van der Waals surface area (Å²) in [6.07, 6.45) is 1.98. The van der Waals surface area contributed by atoms with Gasteiger partial charge < -0.3 is 19.7 Å². The van der Waals surface area contributed by atoms with Gasteiger partial charge in [0.05, 0.1) is 18.8 Å². The highest BCUT2D eigenvalue weighted by Crippen LogP contribution is 2.40. The average Bonchev–Trinajstić information content (AvgIpc) is 3.25. The van der Waals surface area contributed by atoms with Gasteiger partial charge in [0.15, 0.2) is 5.69 Å². The van der Waals surface area contributed by atoms with Gasteiger partial charge in [-0.25, -0.2) is 0 Å². The molecule has 1 aliphatic heterocycles. The molecule has 0 spiro atoms. The summed E-state index contributed by atoms with van der Waals surface area (Å²) in [4.78, 5) is 12.7. The van der Waals surface area contributed by atoms with E-state index < -0.39 is 0 Å². The summed E-state index contributed by atoms with van der Waals surface area (Å²) in [5, 5.41) is 16.7. The van der Waals surface area contributed by atoms with Crippen LogP contribution in [0.4, 0.5) is 0 Å². The van der Waals surface area contributed by atoms with Crippen molar-refractivity contribution in [1.29, 1.82) is 0 Å². The molecule has 0 bridgehead atoms. The van der Waals surface area contributed by atoms with Gasteiger partial charge in [-0.3, -0.25) is 4.79 Å². The normalized spacial score (nSPS) is 22.5. The van der Waals surface area contributed by atoms with E-state index in [2.05, 4.69) is 16.5 Å². The topological polar surface area (TPSA) is 84.6 Å². The van der Waals surface area contributed by atoms with Crippen molar-refractivity contribution < 1.29 is 19.2 Å². The molecule has 138 valence electrons. The first-order valence-corrected chi connectivity index (χ1v) is 9.22. The summed E-state index contributed by atoms with van der Waals surface area (Å²) in [6, 6.07) is 7.63. The molecular weight excluding hydrogens is 332 g/mol. The Hall–Kier alpha value is -2.34. The highest BCUT2D eigenvalue weighted by Gasteiger charge is 2.36. The van der Waals surface area contributed by atoms with Crippen LogP contribution in [-0.4, -0.2) is 28.9 Å². The summed E-state index contributed by atoms with van der Waals surface area (Å²) in [5.41, 5.74) is 2.51. The van der Waals surface area contributed by atoms with Crippen molar-refractivity contribution in [2.24, 2.45) is 5.92 Å². The second kappa shape index (κ2) is 6.76. The Morgan fingerprint density at radius 3 is 2.81 bits per heavy atom. The molecule has 4 rings (SSSR count). The maximum Gasteiger partial charge on any atom is 0.273 e. The van der Waals surface area contributed by atoms with Gasteiger partial charge in [0.25, 0.3) is 5.91 Å². The highest BCUT2D eigenvalue weighted by atomic mass is 16.5. The van der Waals surface area contributed by atoms with Crippen molar-refractivity contribution in [3.63, 3.8) is 0 Å². The second-order valence-electron chi connectivity index (χ2n) is 7.57. The molecule has 1 aromatic carbocycles. The van der Waals surface area contributed by atoms with Crippen molar-refractivity contribution in [3.05, 3.63) is 46.8 Å². The monoisotopic (exact) mass is 356 g/mol. The smallest absolute Gasteiger partial charge is 0.273 e. The van der Waals surface area contributed by atoms with Crippen LogP contribution in [0, 0.1) is 5.92 Å². The van der Waals surface area contributed by atoms with Gasteiger partial charge in [-0.15, -0.1) is 0 Å². The van der Waals surface area contributed by atoms with Crippen LogP contribution in [0.3, 0.4) is 0 Å². The van der Waals surface area contributed by atoms with Crippen LogP contribution in [0.1, 0.15) is 66.0 Å². The Kier molecular flexibility index (Phi) is 4.44. The third-order valence-electron chi connectivity index (χ3n) is 5.31. The van der Waals surface area contributed by atoms with Gasteiger partial charge in [-0.2, -0.15) is 0 Å². The molecule has 2 aromatic rings. The quantitative estimate of drug-likeness (QED) is 0.860. The van der Waals surface area contributed by atoms with E-state index in [0.29, 0.717) is 30.9 Å². The summed E-state index contributed by atoms with van der Waals surface area (Å²) < 4.78 is 10.8. The molecule has 2 aliphatic rings. The van der Waals surface area contributed by atoms with Crippen molar-refractivity contribution in [2.45, 2.75) is 51.2 Å². The fraction of sp³-hybridized carbons (Fsp3) is 0.500. The average molecular weight is 356 g/mol. The van der Waals surface area contributed by atoms with Gasteiger partial charge in [-0.1, -0.05) is 25.1 Å². The fourth-order valence-electron chi connectivity index (χ4n) is 3.66. The van der Waals surface area contributed by atoms with E-state index in [1.807, 2.05) is 26.0 Å². The van der Waals surface area contributed by atoms with Crippen LogP contribution >= 0.6 is 0 Å². The molecule has 26 heavy (non-hydrogen) atoms. The molecule has 2 heterocycles. The van der Waals surface area contributed by atoms with Crippen molar-refractivity contribution in [2.75, 3.05) is 6.61 Å². The molecule has 0 saturated heterocycles. The van der Waals surface area contributed by atoms with E-state index >= 15 is 0 Å². The molecule has 1 fully saturated rings. The van der Waals surface area contributed by atoms with Crippen molar-refractivity contribution >= 4 is 5.91 Å². The summed E-state index contributed by atoms with van der Waals surface area (Å²) in [7, 11) is 0. The molecule has 1 atom stereocenters. The van der Waals surface area contributed by atoms with Crippen LogP contribution in [0.25, 0.3) is 0 Å². The minimum Gasteiger partial charge on any atom is -0.493 e. The first-order chi connectivity index (χ1) is 12.5. The van der Waals surface area contributed by atoms with Gasteiger partial charge in [-0.05, 0) is 42.0 Å². The fourth-order valence-corrected chi connectivity index (χ4v) is 3.66. The molecule has 0 radical (unpaired) electrons. The van der Waals surface area contributed by atoms with Crippen LogP contribution in [-0.2, 0) is 6.42 Å². The number of carbonyl (C=O) groups excluding carboxylic acids is 1. The maximum absolute atomic E-state index is 12.7. The van der Waals surface area contributed by atoms with Gasteiger partial charge in [0.2, 0.25) is 0 Å². The molecule has 1 aliphatic carbocycles. The van der Waals surface area contributed by atoms with Gasteiger partial charge in [0.1, 0.15) is 11.5 Å². The lowest BCUT2D eigenvalue weighted by molar-refractivity contribution is 0.0234. The Bertz CT molecular complexity index is 808. The number of aliphatic hydroxyl groups excluding tert-OH is 1. The minimum absolute atomic E-state index is 0.156. The molecule has 0 unspecified atom stereocenters. The standard InChI is InChI=1S/C20H24N2O4/c1-11(2)18-10-16(22-26-18)20(24)21-19(14-8-15(23)9-14)13-3-4-17-12(7-13)5-6-25-17/h3-4,7,10-11,14-15,19,23H,5-6,8-9H2,1-2H3,(H,21,24)/t14?,15?,19-/m0/s1. The Morgan fingerprint density at radius 1 is 1.31 bits per heavy atom. The predicted octanol–water partition coefficient (Wildman–Crippen LogP) is 2.97. The number of aromatic nitrogens is 1.